The summed E-state index contributed by atoms with van der Waals surface area (Å²) in [5.74, 6) is -0.490. The molecule has 19 heavy (non-hydrogen) atoms. The van der Waals surface area contributed by atoms with Crippen LogP contribution in [0.1, 0.15) is 27.5 Å². The molecule has 96 valence electrons. The van der Waals surface area contributed by atoms with Gasteiger partial charge in [-0.2, -0.15) is 0 Å². The van der Waals surface area contributed by atoms with E-state index < -0.39 is 5.97 Å². The van der Waals surface area contributed by atoms with Crippen LogP contribution in [0.15, 0.2) is 42.6 Å². The first-order valence-corrected chi connectivity index (χ1v) is 6.25. The van der Waals surface area contributed by atoms with Crippen LogP contribution < -0.4 is 5.32 Å². The molecule has 4 nitrogen and oxygen atoms in total. The minimum Gasteiger partial charge on any atom is -0.477 e. The van der Waals surface area contributed by atoms with Gasteiger partial charge in [-0.15, -0.1) is 0 Å². The van der Waals surface area contributed by atoms with Crippen molar-refractivity contribution in [3.8, 4) is 0 Å². The molecule has 1 aromatic carbocycles. The van der Waals surface area contributed by atoms with Crippen molar-refractivity contribution >= 4 is 11.7 Å². The van der Waals surface area contributed by atoms with Crippen molar-refractivity contribution in [2.75, 3.05) is 11.9 Å². The van der Waals surface area contributed by atoms with Crippen LogP contribution in [0.3, 0.4) is 0 Å². The van der Waals surface area contributed by atoms with Crippen LogP contribution in [0.25, 0.3) is 0 Å². The van der Waals surface area contributed by atoms with Crippen LogP contribution in [0.4, 0.5) is 5.69 Å². The lowest BCUT2D eigenvalue weighted by Crippen LogP contribution is -2.24. The van der Waals surface area contributed by atoms with Gasteiger partial charge in [0.05, 0.1) is 0 Å². The second-order valence-electron chi connectivity index (χ2n) is 4.72. The average molecular weight is 254 g/mol. The lowest BCUT2D eigenvalue weighted by atomic mass is 9.77. The number of benzene rings is 1. The summed E-state index contributed by atoms with van der Waals surface area (Å²) in [6.07, 6.45) is 2.60. The summed E-state index contributed by atoms with van der Waals surface area (Å²) >= 11 is 0. The number of rotatable bonds is 4. The van der Waals surface area contributed by atoms with Crippen molar-refractivity contribution in [2.24, 2.45) is 0 Å². The van der Waals surface area contributed by atoms with Gasteiger partial charge < -0.3 is 10.4 Å². The Morgan fingerprint density at radius 2 is 2.21 bits per heavy atom. The molecule has 0 aliphatic heterocycles. The van der Waals surface area contributed by atoms with Crippen molar-refractivity contribution in [1.29, 1.82) is 0 Å². The third-order valence-electron chi connectivity index (χ3n) is 3.49. The lowest BCUT2D eigenvalue weighted by molar-refractivity contribution is 0.0690. The fraction of sp³-hybridized carbons (Fsp3) is 0.200. The van der Waals surface area contributed by atoms with Crippen LogP contribution in [0.5, 0.6) is 0 Å². The van der Waals surface area contributed by atoms with E-state index in [2.05, 4.69) is 34.6 Å². The quantitative estimate of drug-likeness (QED) is 0.880. The molecule has 2 aromatic rings. The number of hydrogen-bond acceptors (Lipinski definition) is 3. The molecule has 0 radical (unpaired) electrons. The van der Waals surface area contributed by atoms with Gasteiger partial charge in [0.15, 0.2) is 0 Å². The van der Waals surface area contributed by atoms with Gasteiger partial charge in [-0.25, -0.2) is 9.78 Å². The van der Waals surface area contributed by atoms with Crippen LogP contribution >= 0.6 is 0 Å². The fourth-order valence-corrected chi connectivity index (χ4v) is 2.44. The van der Waals surface area contributed by atoms with Crippen molar-refractivity contribution in [3.63, 3.8) is 0 Å². The van der Waals surface area contributed by atoms with Crippen LogP contribution in [0.2, 0.25) is 0 Å². The second-order valence-corrected chi connectivity index (χ2v) is 4.72. The Hall–Kier alpha value is -2.36. The van der Waals surface area contributed by atoms with E-state index in [0.717, 1.165) is 18.7 Å². The summed E-state index contributed by atoms with van der Waals surface area (Å²) in [5.41, 5.74) is 3.67. The monoisotopic (exact) mass is 254 g/mol. The van der Waals surface area contributed by atoms with Gasteiger partial charge in [-0.3, -0.25) is 0 Å². The van der Waals surface area contributed by atoms with E-state index in [-0.39, 0.29) is 5.69 Å². The van der Waals surface area contributed by atoms with Gasteiger partial charge in [0.25, 0.3) is 0 Å². The summed E-state index contributed by atoms with van der Waals surface area (Å²) in [6, 6.07) is 11.8. The van der Waals surface area contributed by atoms with E-state index in [4.69, 9.17) is 5.11 Å². The number of carboxylic acid groups (broad SMARTS) is 1. The zero-order valence-corrected chi connectivity index (χ0v) is 10.3. The Balaban J connectivity index is 1.65. The van der Waals surface area contributed by atoms with E-state index in [9.17, 15) is 4.79 Å². The summed E-state index contributed by atoms with van der Waals surface area (Å²) in [4.78, 5) is 14.6. The van der Waals surface area contributed by atoms with Crippen molar-refractivity contribution in [2.45, 2.75) is 12.3 Å². The summed E-state index contributed by atoms with van der Waals surface area (Å²) in [6.45, 7) is 0.820. The minimum atomic E-state index is -1.00. The molecule has 1 aliphatic rings. The van der Waals surface area contributed by atoms with Gasteiger partial charge >= 0.3 is 5.97 Å². The number of fused-ring (bicyclic) bond motifs is 1. The lowest BCUT2D eigenvalue weighted by Gasteiger charge is -2.30. The largest absolute Gasteiger partial charge is 0.477 e. The number of nitrogens with one attached hydrogen (secondary N) is 1. The molecule has 0 saturated heterocycles. The molecule has 0 saturated carbocycles. The number of carbonyl (C=O) groups is 1. The summed E-state index contributed by atoms with van der Waals surface area (Å²) < 4.78 is 0. The number of hydrogen-bond donors (Lipinski definition) is 2. The smallest absolute Gasteiger partial charge is 0.354 e. The van der Waals surface area contributed by atoms with Gasteiger partial charge in [0.1, 0.15) is 5.69 Å². The zero-order valence-electron chi connectivity index (χ0n) is 10.3. The van der Waals surface area contributed by atoms with Crippen LogP contribution in [-0.2, 0) is 6.42 Å². The van der Waals surface area contributed by atoms with Gasteiger partial charge in [-0.05, 0) is 29.7 Å². The maximum atomic E-state index is 10.8. The highest BCUT2D eigenvalue weighted by Crippen LogP contribution is 2.34. The zero-order chi connectivity index (χ0) is 13.2. The predicted octanol–water partition coefficient (Wildman–Crippen LogP) is 2.53. The second kappa shape index (κ2) is 4.72. The molecule has 3 rings (SSSR count). The Labute approximate surface area is 111 Å². The first kappa shape index (κ1) is 11.7. The maximum absolute atomic E-state index is 10.8. The summed E-state index contributed by atoms with van der Waals surface area (Å²) in [7, 11) is 0. The minimum absolute atomic E-state index is 0.0685. The van der Waals surface area contributed by atoms with Crippen molar-refractivity contribution < 1.29 is 9.90 Å². The summed E-state index contributed by atoms with van der Waals surface area (Å²) in [5, 5.41) is 12.2. The predicted molar refractivity (Wildman–Crippen MR) is 72.6 cm³/mol. The van der Waals surface area contributed by atoms with E-state index in [1.807, 2.05) is 0 Å². The molecule has 0 amide bonds. The molecule has 4 heteroatoms. The third kappa shape index (κ3) is 2.29. The number of anilines is 1. The first-order valence-electron chi connectivity index (χ1n) is 6.25. The molecule has 1 atom stereocenters. The molecule has 0 spiro atoms. The van der Waals surface area contributed by atoms with E-state index in [0.29, 0.717) is 5.92 Å². The molecule has 1 aromatic heterocycles. The normalized spacial score (nSPS) is 16.3. The fourth-order valence-electron chi connectivity index (χ4n) is 2.44. The first-order chi connectivity index (χ1) is 9.24. The Morgan fingerprint density at radius 1 is 1.37 bits per heavy atom. The Kier molecular flexibility index (Phi) is 2.91. The molecule has 1 heterocycles. The highest BCUT2D eigenvalue weighted by Gasteiger charge is 2.24. The van der Waals surface area contributed by atoms with Gasteiger partial charge in [0.2, 0.25) is 0 Å². The highest BCUT2D eigenvalue weighted by atomic mass is 16.4. The van der Waals surface area contributed by atoms with E-state index in [1.165, 1.54) is 17.3 Å². The third-order valence-corrected chi connectivity index (χ3v) is 3.49. The average Bonchev–Trinajstić information content (AvgIpc) is 2.40. The molecular weight excluding hydrogens is 240 g/mol. The highest BCUT2D eigenvalue weighted by molar-refractivity contribution is 5.86. The standard InChI is InChI=1S/C15H14N2O2/c18-15(19)14-8-12(5-6-16-14)17-9-11-7-10-3-1-2-4-13(10)11/h1-6,8,11H,7,9H2,(H,16,17)(H,18,19). The molecular formula is C15H14N2O2. The van der Waals surface area contributed by atoms with Crippen LogP contribution in [-0.4, -0.2) is 22.6 Å². The number of carboxylic acids is 1. The van der Waals surface area contributed by atoms with Crippen molar-refractivity contribution in [3.05, 3.63) is 59.4 Å². The number of aromatic nitrogens is 1. The van der Waals surface area contributed by atoms with E-state index in [1.54, 1.807) is 12.1 Å². The topological polar surface area (TPSA) is 62.2 Å². The number of pyridine rings is 1. The Bertz CT molecular complexity index is 625. The van der Waals surface area contributed by atoms with Crippen molar-refractivity contribution in [1.82, 2.24) is 4.98 Å². The molecule has 1 unspecified atom stereocenters. The molecule has 2 N–H and O–H groups in total. The molecule has 1 aliphatic carbocycles. The van der Waals surface area contributed by atoms with Gasteiger partial charge in [-0.1, -0.05) is 24.3 Å². The maximum Gasteiger partial charge on any atom is 0.354 e. The number of aromatic carboxylic acids is 1. The SMILES string of the molecule is O=C(O)c1cc(NCC2Cc3ccccc32)ccn1. The Morgan fingerprint density at radius 3 is 3.00 bits per heavy atom. The molecule has 0 bridgehead atoms. The van der Waals surface area contributed by atoms with Crippen LogP contribution in [0, 0.1) is 0 Å². The number of nitrogens with zero attached hydrogens (tertiary/aromatic N) is 1. The van der Waals surface area contributed by atoms with E-state index >= 15 is 0 Å². The van der Waals surface area contributed by atoms with Gasteiger partial charge in [0, 0.05) is 24.3 Å². The molecule has 0 fully saturated rings.